The fraction of sp³-hybridized carbons (Fsp3) is 0.0238. The fourth-order valence-electron chi connectivity index (χ4n) is 6.61. The highest BCUT2D eigenvalue weighted by molar-refractivity contribution is 6.21. The highest BCUT2D eigenvalue weighted by atomic mass is 14.7. The molecule has 0 aliphatic rings. The monoisotopic (exact) mass is 547 g/mol. The van der Waals surface area contributed by atoms with Crippen LogP contribution in [0.4, 0.5) is 0 Å². The van der Waals surface area contributed by atoms with Gasteiger partial charge in [-0.05, 0) is 102 Å². The van der Waals surface area contributed by atoms with Gasteiger partial charge in [0.15, 0.2) is 0 Å². The zero-order valence-corrected chi connectivity index (χ0v) is 24.0. The van der Waals surface area contributed by atoms with Crippen LogP contribution in [0.3, 0.4) is 0 Å². The summed E-state index contributed by atoms with van der Waals surface area (Å²) in [6, 6.07) is 55.2. The summed E-state index contributed by atoms with van der Waals surface area (Å²) in [7, 11) is 0. The van der Waals surface area contributed by atoms with Crippen molar-refractivity contribution in [3.63, 3.8) is 0 Å². The first kappa shape index (κ1) is 25.2. The maximum absolute atomic E-state index is 4.51. The Labute approximate surface area is 251 Å². The lowest BCUT2D eigenvalue weighted by atomic mass is 9.85. The molecule has 1 heteroatoms. The fourth-order valence-corrected chi connectivity index (χ4v) is 6.61. The number of benzene rings is 7. The lowest BCUT2D eigenvalue weighted by Gasteiger charge is -2.18. The van der Waals surface area contributed by atoms with E-state index in [1.54, 1.807) is 0 Å². The van der Waals surface area contributed by atoms with Gasteiger partial charge in [-0.15, -0.1) is 0 Å². The third kappa shape index (κ3) is 4.38. The smallest absolute Gasteiger partial charge is 0.0450 e. The van der Waals surface area contributed by atoms with Gasteiger partial charge in [0, 0.05) is 17.5 Å². The summed E-state index contributed by atoms with van der Waals surface area (Å²) in [5.41, 5.74) is 10.8. The molecule has 0 bridgehead atoms. The molecule has 1 heterocycles. The molecule has 0 saturated carbocycles. The van der Waals surface area contributed by atoms with Crippen LogP contribution in [0.25, 0.3) is 76.8 Å². The van der Waals surface area contributed by atoms with Crippen LogP contribution in [0, 0.1) is 6.92 Å². The van der Waals surface area contributed by atoms with Crippen molar-refractivity contribution in [3.05, 3.63) is 164 Å². The van der Waals surface area contributed by atoms with E-state index in [0.717, 1.165) is 5.69 Å². The van der Waals surface area contributed by atoms with E-state index >= 15 is 0 Å². The second-order valence-corrected chi connectivity index (χ2v) is 11.2. The van der Waals surface area contributed by atoms with Crippen molar-refractivity contribution in [2.45, 2.75) is 6.92 Å². The summed E-state index contributed by atoms with van der Waals surface area (Å²) in [5, 5.41) is 7.59. The maximum Gasteiger partial charge on any atom is 0.0450 e. The van der Waals surface area contributed by atoms with Gasteiger partial charge in [0.1, 0.15) is 0 Å². The van der Waals surface area contributed by atoms with Crippen LogP contribution in [0.2, 0.25) is 0 Å². The van der Waals surface area contributed by atoms with Crippen LogP contribution in [0.1, 0.15) is 5.69 Å². The molecule has 0 N–H and O–H groups in total. The summed E-state index contributed by atoms with van der Waals surface area (Å²) in [4.78, 5) is 4.51. The number of fused-ring (bicyclic) bond motifs is 3. The highest BCUT2D eigenvalue weighted by Gasteiger charge is 2.17. The highest BCUT2D eigenvalue weighted by Crippen LogP contribution is 2.44. The number of hydrogen-bond acceptors (Lipinski definition) is 1. The molecule has 0 spiro atoms. The van der Waals surface area contributed by atoms with Gasteiger partial charge >= 0.3 is 0 Å². The Morgan fingerprint density at radius 1 is 0.372 bits per heavy atom. The van der Waals surface area contributed by atoms with Gasteiger partial charge in [0.2, 0.25) is 0 Å². The predicted octanol–water partition coefficient (Wildman–Crippen LogP) is 11.5. The summed E-state index contributed by atoms with van der Waals surface area (Å²) in [5.74, 6) is 0. The van der Waals surface area contributed by atoms with E-state index in [-0.39, 0.29) is 0 Å². The Hall–Kier alpha value is -5.53. The standard InChI is InChI=1S/C42H29N/c1-28-36(21-10-24-43-28)33-15-8-13-31(25-33)32-14-9-16-34(27-32)41-37-17-4-6-19-39(37)42(40-20-7-5-18-38(40)41)35-23-22-29-11-2-3-12-30(29)26-35/h2-27H,1H3. The Bertz CT molecular complexity index is 2250. The van der Waals surface area contributed by atoms with Crippen LogP contribution >= 0.6 is 0 Å². The molecule has 0 fully saturated rings. The van der Waals surface area contributed by atoms with E-state index in [4.69, 9.17) is 0 Å². The van der Waals surface area contributed by atoms with E-state index < -0.39 is 0 Å². The van der Waals surface area contributed by atoms with E-state index in [0.29, 0.717) is 0 Å². The van der Waals surface area contributed by atoms with Crippen molar-refractivity contribution in [2.24, 2.45) is 0 Å². The number of nitrogens with zero attached hydrogens (tertiary/aromatic N) is 1. The Morgan fingerprint density at radius 3 is 1.51 bits per heavy atom. The maximum atomic E-state index is 4.51. The molecule has 43 heavy (non-hydrogen) atoms. The van der Waals surface area contributed by atoms with Gasteiger partial charge in [-0.25, -0.2) is 0 Å². The Balaban J connectivity index is 1.34. The lowest BCUT2D eigenvalue weighted by molar-refractivity contribution is 1.20. The molecule has 0 atom stereocenters. The molecule has 1 aromatic heterocycles. The van der Waals surface area contributed by atoms with E-state index in [1.165, 1.54) is 76.8 Å². The molecule has 8 aromatic rings. The van der Waals surface area contributed by atoms with Gasteiger partial charge in [-0.3, -0.25) is 4.98 Å². The molecule has 202 valence electrons. The Kier molecular flexibility index (Phi) is 6.09. The third-order valence-electron chi connectivity index (χ3n) is 8.63. The van der Waals surface area contributed by atoms with Crippen molar-refractivity contribution in [1.82, 2.24) is 4.98 Å². The van der Waals surface area contributed by atoms with Gasteiger partial charge in [0.05, 0.1) is 0 Å². The van der Waals surface area contributed by atoms with E-state index in [2.05, 4.69) is 158 Å². The van der Waals surface area contributed by atoms with Gasteiger partial charge < -0.3 is 0 Å². The molecule has 0 aliphatic heterocycles. The number of pyridine rings is 1. The predicted molar refractivity (Wildman–Crippen MR) is 183 cm³/mol. The molecule has 0 aliphatic carbocycles. The SMILES string of the molecule is Cc1ncccc1-c1cccc(-c2cccc(-c3c4ccccc4c(-c4ccc5ccccc5c4)c4ccccc34)c2)c1. The topological polar surface area (TPSA) is 12.9 Å². The van der Waals surface area contributed by atoms with E-state index in [9.17, 15) is 0 Å². The third-order valence-corrected chi connectivity index (χ3v) is 8.63. The molecular weight excluding hydrogens is 518 g/mol. The molecule has 0 amide bonds. The van der Waals surface area contributed by atoms with Crippen LogP contribution < -0.4 is 0 Å². The number of hydrogen-bond donors (Lipinski definition) is 0. The van der Waals surface area contributed by atoms with E-state index in [1.807, 2.05) is 12.3 Å². The summed E-state index contributed by atoms with van der Waals surface area (Å²) in [6.45, 7) is 2.07. The average Bonchev–Trinajstić information content (AvgIpc) is 3.07. The first-order valence-electron chi connectivity index (χ1n) is 14.8. The average molecular weight is 548 g/mol. The minimum Gasteiger partial charge on any atom is -0.261 e. The van der Waals surface area contributed by atoms with Crippen molar-refractivity contribution in [3.8, 4) is 44.5 Å². The van der Waals surface area contributed by atoms with Crippen molar-refractivity contribution >= 4 is 32.3 Å². The first-order valence-corrected chi connectivity index (χ1v) is 14.8. The van der Waals surface area contributed by atoms with Crippen molar-refractivity contribution in [1.29, 1.82) is 0 Å². The van der Waals surface area contributed by atoms with Crippen LogP contribution in [0.15, 0.2) is 158 Å². The molecule has 8 rings (SSSR count). The minimum atomic E-state index is 1.04. The van der Waals surface area contributed by atoms with Gasteiger partial charge in [-0.1, -0.05) is 127 Å². The largest absolute Gasteiger partial charge is 0.261 e. The van der Waals surface area contributed by atoms with Gasteiger partial charge in [-0.2, -0.15) is 0 Å². The lowest BCUT2D eigenvalue weighted by Crippen LogP contribution is -1.91. The second-order valence-electron chi connectivity index (χ2n) is 11.2. The quantitative estimate of drug-likeness (QED) is 0.200. The Morgan fingerprint density at radius 2 is 0.884 bits per heavy atom. The number of rotatable bonds is 4. The van der Waals surface area contributed by atoms with Gasteiger partial charge in [0.25, 0.3) is 0 Å². The normalized spacial score (nSPS) is 11.4. The molecule has 0 unspecified atom stereocenters. The summed E-state index contributed by atoms with van der Waals surface area (Å²) >= 11 is 0. The number of aryl methyl sites for hydroxylation is 1. The van der Waals surface area contributed by atoms with Crippen LogP contribution in [0.5, 0.6) is 0 Å². The van der Waals surface area contributed by atoms with Crippen LogP contribution in [-0.2, 0) is 0 Å². The first-order chi connectivity index (χ1) is 21.2. The minimum absolute atomic E-state index is 1.04. The molecule has 0 saturated heterocycles. The van der Waals surface area contributed by atoms with Crippen molar-refractivity contribution < 1.29 is 0 Å². The second kappa shape index (κ2) is 10.4. The molecule has 7 aromatic carbocycles. The zero-order chi connectivity index (χ0) is 28.8. The summed E-state index contributed by atoms with van der Waals surface area (Å²) in [6.07, 6.45) is 1.85. The molecule has 1 nitrogen and oxygen atoms in total. The summed E-state index contributed by atoms with van der Waals surface area (Å²) < 4.78 is 0. The van der Waals surface area contributed by atoms with Crippen LogP contribution in [-0.4, -0.2) is 4.98 Å². The number of aromatic nitrogens is 1. The molecule has 0 radical (unpaired) electrons. The zero-order valence-electron chi connectivity index (χ0n) is 24.0. The van der Waals surface area contributed by atoms with Crippen molar-refractivity contribution in [2.75, 3.05) is 0 Å². The molecular formula is C42H29N.